The van der Waals surface area contributed by atoms with Gasteiger partial charge in [-0.3, -0.25) is 4.79 Å². The van der Waals surface area contributed by atoms with Crippen LogP contribution in [-0.2, 0) is 12.8 Å². The van der Waals surface area contributed by atoms with Crippen LogP contribution in [0.4, 0.5) is 0 Å². The van der Waals surface area contributed by atoms with Gasteiger partial charge in [-0.1, -0.05) is 12.1 Å². The molecule has 1 atom stereocenters. The first-order valence-corrected chi connectivity index (χ1v) is 8.47. The third-order valence-electron chi connectivity index (χ3n) is 4.66. The topological polar surface area (TPSA) is 56.5 Å². The Hall–Kier alpha value is -2.88. The van der Waals surface area contributed by atoms with Crippen molar-refractivity contribution in [3.8, 4) is 5.75 Å². The Morgan fingerprint density at radius 2 is 1.84 bits per heavy atom. The predicted molar refractivity (Wildman–Crippen MR) is 95.4 cm³/mol. The molecule has 0 saturated heterocycles. The Bertz CT molecular complexity index is 1020. The van der Waals surface area contributed by atoms with Crippen molar-refractivity contribution in [2.24, 2.45) is 0 Å². The van der Waals surface area contributed by atoms with E-state index in [0.717, 1.165) is 24.6 Å². The molecule has 0 unspecified atom stereocenters. The van der Waals surface area contributed by atoms with Crippen LogP contribution in [0.1, 0.15) is 34.8 Å². The summed E-state index contributed by atoms with van der Waals surface area (Å²) in [6.07, 6.45) is 2.67. The molecule has 0 fully saturated rings. The first-order valence-electron chi connectivity index (χ1n) is 8.47. The molecule has 4 heteroatoms. The Morgan fingerprint density at radius 3 is 2.72 bits per heavy atom. The smallest absolute Gasteiger partial charge is 0.336 e. The third kappa shape index (κ3) is 3.07. The second-order valence-electron chi connectivity index (χ2n) is 6.42. The van der Waals surface area contributed by atoms with E-state index in [0.29, 0.717) is 16.9 Å². The summed E-state index contributed by atoms with van der Waals surface area (Å²) in [4.78, 5) is 24.0. The Morgan fingerprint density at radius 1 is 1.04 bits per heavy atom. The lowest BCUT2D eigenvalue weighted by Gasteiger charge is -2.14. The molecule has 0 aliphatic heterocycles. The van der Waals surface area contributed by atoms with E-state index >= 15 is 0 Å². The highest BCUT2D eigenvalue weighted by atomic mass is 16.5. The molecule has 0 bridgehead atoms. The zero-order valence-electron chi connectivity index (χ0n) is 14.0. The fraction of sp³-hybridized carbons (Fsp3) is 0.238. The van der Waals surface area contributed by atoms with Gasteiger partial charge in [0.2, 0.25) is 5.78 Å². The van der Waals surface area contributed by atoms with Crippen molar-refractivity contribution in [2.45, 2.75) is 32.3 Å². The highest BCUT2D eigenvalue weighted by molar-refractivity contribution is 5.99. The summed E-state index contributed by atoms with van der Waals surface area (Å²) < 4.78 is 10.9. The minimum atomic E-state index is -0.618. The number of hydrogen-bond acceptors (Lipinski definition) is 4. The van der Waals surface area contributed by atoms with Gasteiger partial charge in [0.15, 0.2) is 6.10 Å². The highest BCUT2D eigenvalue weighted by Crippen LogP contribution is 2.25. The molecule has 0 spiro atoms. The number of ether oxygens (including phenoxy) is 1. The van der Waals surface area contributed by atoms with Crippen molar-refractivity contribution in [3.63, 3.8) is 0 Å². The summed E-state index contributed by atoms with van der Waals surface area (Å²) in [6, 6.07) is 14.2. The number of fused-ring (bicyclic) bond motifs is 2. The van der Waals surface area contributed by atoms with Crippen LogP contribution in [0.3, 0.4) is 0 Å². The van der Waals surface area contributed by atoms with E-state index in [4.69, 9.17) is 9.15 Å². The monoisotopic (exact) mass is 334 g/mol. The molecule has 1 aliphatic rings. The Kier molecular flexibility index (Phi) is 3.88. The number of hydrogen-bond donors (Lipinski definition) is 0. The molecule has 0 radical (unpaired) electrons. The molecule has 1 aliphatic carbocycles. The van der Waals surface area contributed by atoms with Gasteiger partial charge in [0.05, 0.1) is 0 Å². The second-order valence-corrected chi connectivity index (χ2v) is 6.42. The van der Waals surface area contributed by atoms with Gasteiger partial charge < -0.3 is 9.15 Å². The van der Waals surface area contributed by atoms with Gasteiger partial charge in [-0.2, -0.15) is 0 Å². The molecule has 1 aromatic heterocycles. The van der Waals surface area contributed by atoms with Gasteiger partial charge in [-0.25, -0.2) is 4.79 Å². The van der Waals surface area contributed by atoms with Crippen molar-refractivity contribution < 1.29 is 13.9 Å². The molecule has 25 heavy (non-hydrogen) atoms. The van der Waals surface area contributed by atoms with Crippen LogP contribution in [0, 0.1) is 0 Å². The molecule has 0 saturated carbocycles. The van der Waals surface area contributed by atoms with Gasteiger partial charge in [-0.05, 0) is 61.6 Å². The summed E-state index contributed by atoms with van der Waals surface area (Å²) in [7, 11) is 0. The molecule has 4 nitrogen and oxygen atoms in total. The lowest BCUT2D eigenvalue weighted by molar-refractivity contribution is 0.0818. The highest BCUT2D eigenvalue weighted by Gasteiger charge is 2.20. The maximum atomic E-state index is 12.7. The maximum Gasteiger partial charge on any atom is 0.336 e. The minimum Gasteiger partial charge on any atom is -0.482 e. The standard InChI is InChI=1S/C21H18O4/c1-13(21(23)17-6-5-14-3-2-4-16(14)11-17)24-18-9-7-15-8-10-20(22)25-19(15)12-18/h5-13H,2-4H2,1H3/t13-/m1/s1. The van der Waals surface area contributed by atoms with E-state index in [1.807, 2.05) is 18.2 Å². The Labute approximate surface area is 145 Å². The molecular weight excluding hydrogens is 316 g/mol. The van der Waals surface area contributed by atoms with Crippen molar-refractivity contribution in [1.82, 2.24) is 0 Å². The van der Waals surface area contributed by atoms with E-state index in [2.05, 4.69) is 0 Å². The van der Waals surface area contributed by atoms with E-state index < -0.39 is 11.7 Å². The molecule has 1 heterocycles. The summed E-state index contributed by atoms with van der Waals surface area (Å²) in [6.45, 7) is 1.74. The van der Waals surface area contributed by atoms with Crippen LogP contribution in [0.25, 0.3) is 11.0 Å². The SMILES string of the molecule is C[C@@H](Oc1ccc2ccc(=O)oc2c1)C(=O)c1ccc2c(c1)CCC2. The van der Waals surface area contributed by atoms with Crippen molar-refractivity contribution in [3.05, 3.63) is 75.6 Å². The first-order chi connectivity index (χ1) is 12.1. The Balaban J connectivity index is 1.55. The lowest BCUT2D eigenvalue weighted by Crippen LogP contribution is -2.24. The van der Waals surface area contributed by atoms with Crippen molar-refractivity contribution in [1.29, 1.82) is 0 Å². The molecule has 4 rings (SSSR count). The number of ketones is 1. The van der Waals surface area contributed by atoms with Crippen molar-refractivity contribution in [2.75, 3.05) is 0 Å². The van der Waals surface area contributed by atoms with Crippen LogP contribution in [-0.4, -0.2) is 11.9 Å². The molecule has 0 N–H and O–H groups in total. The number of benzene rings is 2. The van der Waals surface area contributed by atoms with Crippen LogP contribution in [0.15, 0.2) is 57.7 Å². The van der Waals surface area contributed by atoms with Gasteiger partial charge >= 0.3 is 5.63 Å². The maximum absolute atomic E-state index is 12.7. The van der Waals surface area contributed by atoms with Gasteiger partial charge in [0, 0.05) is 23.1 Å². The van der Waals surface area contributed by atoms with Gasteiger partial charge in [0.25, 0.3) is 0 Å². The van der Waals surface area contributed by atoms with E-state index in [1.165, 1.54) is 17.2 Å². The fourth-order valence-corrected chi connectivity index (χ4v) is 3.33. The first kappa shape index (κ1) is 15.6. The summed E-state index contributed by atoms with van der Waals surface area (Å²) in [5, 5.41) is 0.810. The quantitative estimate of drug-likeness (QED) is 0.536. The van der Waals surface area contributed by atoms with Crippen LogP contribution < -0.4 is 10.4 Å². The average Bonchev–Trinajstić information content (AvgIpc) is 3.08. The van der Waals surface area contributed by atoms with Gasteiger partial charge in [0.1, 0.15) is 11.3 Å². The number of carbonyl (C=O) groups excluding carboxylic acids is 1. The molecule has 0 amide bonds. The summed E-state index contributed by atoms with van der Waals surface area (Å²) >= 11 is 0. The number of rotatable bonds is 4. The zero-order chi connectivity index (χ0) is 17.4. The predicted octanol–water partition coefficient (Wildman–Crippen LogP) is 3.93. The second kappa shape index (κ2) is 6.20. The number of aryl methyl sites for hydroxylation is 2. The minimum absolute atomic E-state index is 0.0516. The summed E-state index contributed by atoms with van der Waals surface area (Å²) in [5.41, 5.74) is 3.33. The van der Waals surface area contributed by atoms with Crippen LogP contribution >= 0.6 is 0 Å². The van der Waals surface area contributed by atoms with Gasteiger partial charge in [-0.15, -0.1) is 0 Å². The zero-order valence-corrected chi connectivity index (χ0v) is 14.0. The normalized spacial score (nSPS) is 14.3. The lowest BCUT2D eigenvalue weighted by atomic mass is 10.0. The molecule has 126 valence electrons. The molecule has 2 aromatic carbocycles. The van der Waals surface area contributed by atoms with E-state index in [-0.39, 0.29) is 5.78 Å². The fourth-order valence-electron chi connectivity index (χ4n) is 3.33. The molecule has 3 aromatic rings. The van der Waals surface area contributed by atoms with Crippen molar-refractivity contribution >= 4 is 16.8 Å². The number of carbonyl (C=O) groups is 1. The van der Waals surface area contributed by atoms with E-state index in [9.17, 15) is 9.59 Å². The number of Topliss-reactive ketones (excluding diaryl/α,β-unsaturated/α-hetero) is 1. The summed E-state index contributed by atoms with van der Waals surface area (Å²) in [5.74, 6) is 0.452. The molecular formula is C21H18O4. The van der Waals surface area contributed by atoms with E-state index in [1.54, 1.807) is 31.2 Å². The van der Waals surface area contributed by atoms with Crippen LogP contribution in [0.2, 0.25) is 0 Å². The largest absolute Gasteiger partial charge is 0.482 e. The third-order valence-corrected chi connectivity index (χ3v) is 4.66. The van der Waals surface area contributed by atoms with Crippen LogP contribution in [0.5, 0.6) is 5.75 Å². The average molecular weight is 334 g/mol.